The Kier molecular flexibility index (Phi) is 5.87. The fourth-order valence-corrected chi connectivity index (χ4v) is 3.03. The van der Waals surface area contributed by atoms with Gasteiger partial charge in [-0.15, -0.1) is 0 Å². The lowest BCUT2D eigenvalue weighted by Gasteiger charge is -2.31. The number of carbonyl (C=O) groups excluding carboxylic acids is 1. The Morgan fingerprint density at radius 1 is 1.24 bits per heavy atom. The molecule has 2 rings (SSSR count). The third kappa shape index (κ3) is 5.14. The lowest BCUT2D eigenvalue weighted by Crippen LogP contribution is -2.43. The van der Waals surface area contributed by atoms with Gasteiger partial charge in [0.25, 0.3) is 0 Å². The number of halogens is 3. The third-order valence-electron chi connectivity index (χ3n) is 4.27. The smallest absolute Gasteiger partial charge is 0.378 e. The van der Waals surface area contributed by atoms with E-state index in [4.69, 9.17) is 4.74 Å². The molecule has 21 heavy (non-hydrogen) atoms. The van der Waals surface area contributed by atoms with Crippen LogP contribution in [0.3, 0.4) is 0 Å². The molecule has 2 atom stereocenters. The summed E-state index contributed by atoms with van der Waals surface area (Å²) >= 11 is 0. The van der Waals surface area contributed by atoms with Crippen LogP contribution < -0.4 is 5.32 Å². The molecule has 0 bridgehead atoms. The first-order valence-corrected chi connectivity index (χ1v) is 7.62. The summed E-state index contributed by atoms with van der Waals surface area (Å²) in [4.78, 5) is 13.7. The summed E-state index contributed by atoms with van der Waals surface area (Å²) < 4.78 is 43.3. The standard InChI is InChI=1S/C14H23F3N2O2/c15-14(16,17)11-2-1-3-12(10-11)18-5-4-13(20)19-6-8-21-9-7-19/h11-12,18H,1-10H2. The Bertz CT molecular complexity index is 344. The largest absolute Gasteiger partial charge is 0.391 e. The van der Waals surface area contributed by atoms with Crippen LogP contribution in [-0.4, -0.2) is 55.9 Å². The fraction of sp³-hybridized carbons (Fsp3) is 0.929. The lowest BCUT2D eigenvalue weighted by molar-refractivity contribution is -0.183. The van der Waals surface area contributed by atoms with Crippen LogP contribution in [0.2, 0.25) is 0 Å². The maximum atomic E-state index is 12.7. The molecule has 2 aliphatic rings. The number of rotatable bonds is 4. The Hall–Kier alpha value is -0.820. The van der Waals surface area contributed by atoms with E-state index in [-0.39, 0.29) is 24.8 Å². The van der Waals surface area contributed by atoms with Crippen molar-refractivity contribution in [1.82, 2.24) is 10.2 Å². The van der Waals surface area contributed by atoms with E-state index in [9.17, 15) is 18.0 Å². The number of amides is 1. The van der Waals surface area contributed by atoms with Crippen molar-refractivity contribution < 1.29 is 22.7 Å². The summed E-state index contributed by atoms with van der Waals surface area (Å²) in [5, 5.41) is 3.11. The summed E-state index contributed by atoms with van der Waals surface area (Å²) in [6, 6.07) is -0.122. The first kappa shape index (κ1) is 16.5. The van der Waals surface area contributed by atoms with E-state index in [1.165, 1.54) is 0 Å². The van der Waals surface area contributed by atoms with Crippen molar-refractivity contribution in [2.45, 2.75) is 44.3 Å². The molecule has 2 fully saturated rings. The van der Waals surface area contributed by atoms with E-state index in [0.717, 1.165) is 6.42 Å². The molecular weight excluding hydrogens is 285 g/mol. The number of morpholine rings is 1. The first-order valence-electron chi connectivity index (χ1n) is 7.62. The molecule has 4 nitrogen and oxygen atoms in total. The highest BCUT2D eigenvalue weighted by Gasteiger charge is 2.41. The van der Waals surface area contributed by atoms with Gasteiger partial charge in [-0.2, -0.15) is 13.2 Å². The van der Waals surface area contributed by atoms with Crippen molar-refractivity contribution in [2.24, 2.45) is 5.92 Å². The maximum Gasteiger partial charge on any atom is 0.391 e. The van der Waals surface area contributed by atoms with Gasteiger partial charge in [-0.05, 0) is 19.3 Å². The summed E-state index contributed by atoms with van der Waals surface area (Å²) in [6.45, 7) is 2.80. The zero-order valence-electron chi connectivity index (χ0n) is 12.1. The molecule has 122 valence electrons. The van der Waals surface area contributed by atoms with E-state index in [1.807, 2.05) is 0 Å². The molecule has 1 heterocycles. The number of carbonyl (C=O) groups is 1. The average molecular weight is 308 g/mol. The normalized spacial score (nSPS) is 27.7. The molecule has 1 saturated heterocycles. The topological polar surface area (TPSA) is 41.6 Å². The van der Waals surface area contributed by atoms with Gasteiger partial charge in [0.2, 0.25) is 5.91 Å². The van der Waals surface area contributed by atoms with Crippen LogP contribution in [0.4, 0.5) is 13.2 Å². The second-order valence-electron chi connectivity index (χ2n) is 5.80. The third-order valence-corrected chi connectivity index (χ3v) is 4.27. The molecule has 1 saturated carbocycles. The minimum absolute atomic E-state index is 0.0500. The Labute approximate surface area is 123 Å². The van der Waals surface area contributed by atoms with Gasteiger partial charge >= 0.3 is 6.18 Å². The van der Waals surface area contributed by atoms with E-state index in [0.29, 0.717) is 45.7 Å². The predicted molar refractivity (Wildman–Crippen MR) is 71.8 cm³/mol. The summed E-state index contributed by atoms with van der Waals surface area (Å²) in [5.41, 5.74) is 0. The highest BCUT2D eigenvalue weighted by atomic mass is 19.4. The zero-order valence-corrected chi connectivity index (χ0v) is 12.1. The summed E-state index contributed by atoms with van der Waals surface area (Å²) in [6.07, 6.45) is -2.03. The van der Waals surface area contributed by atoms with Gasteiger partial charge in [0, 0.05) is 32.1 Å². The number of alkyl halides is 3. The fourth-order valence-electron chi connectivity index (χ4n) is 3.03. The number of nitrogens with zero attached hydrogens (tertiary/aromatic N) is 1. The molecule has 7 heteroatoms. The van der Waals surface area contributed by atoms with Gasteiger partial charge in [-0.3, -0.25) is 4.79 Å². The minimum Gasteiger partial charge on any atom is -0.378 e. The van der Waals surface area contributed by atoms with Crippen LogP contribution >= 0.6 is 0 Å². The monoisotopic (exact) mass is 308 g/mol. The molecule has 1 aliphatic heterocycles. The average Bonchev–Trinajstić information content (AvgIpc) is 2.47. The molecule has 0 aromatic heterocycles. The molecule has 2 unspecified atom stereocenters. The van der Waals surface area contributed by atoms with E-state index in [1.54, 1.807) is 4.90 Å². The van der Waals surface area contributed by atoms with Crippen LogP contribution in [0.15, 0.2) is 0 Å². The van der Waals surface area contributed by atoms with Crippen LogP contribution in [0.1, 0.15) is 32.1 Å². The molecular formula is C14H23F3N2O2. The molecule has 0 aromatic carbocycles. The van der Waals surface area contributed by atoms with Crippen molar-refractivity contribution in [3.63, 3.8) is 0 Å². The van der Waals surface area contributed by atoms with Crippen molar-refractivity contribution >= 4 is 5.91 Å². The highest BCUT2D eigenvalue weighted by molar-refractivity contribution is 5.76. The van der Waals surface area contributed by atoms with Crippen molar-refractivity contribution in [2.75, 3.05) is 32.8 Å². The second kappa shape index (κ2) is 7.45. The number of ether oxygens (including phenoxy) is 1. The van der Waals surface area contributed by atoms with Crippen LogP contribution in [0.25, 0.3) is 0 Å². The van der Waals surface area contributed by atoms with Gasteiger partial charge in [0.05, 0.1) is 19.1 Å². The van der Waals surface area contributed by atoms with Gasteiger partial charge < -0.3 is 15.0 Å². The Morgan fingerprint density at radius 3 is 2.62 bits per heavy atom. The lowest BCUT2D eigenvalue weighted by atomic mass is 9.85. The van der Waals surface area contributed by atoms with Crippen LogP contribution in [0.5, 0.6) is 0 Å². The molecule has 1 N–H and O–H groups in total. The SMILES string of the molecule is O=C(CCNC1CCCC(C(F)(F)F)C1)N1CCOCC1. The van der Waals surface area contributed by atoms with Gasteiger partial charge in [0.15, 0.2) is 0 Å². The van der Waals surface area contributed by atoms with Crippen molar-refractivity contribution in [3.05, 3.63) is 0 Å². The molecule has 1 aliphatic carbocycles. The molecule has 0 aromatic rings. The summed E-state index contributed by atoms with van der Waals surface area (Å²) in [7, 11) is 0. The van der Waals surface area contributed by atoms with E-state index in [2.05, 4.69) is 5.32 Å². The first-order chi connectivity index (χ1) is 9.97. The maximum absolute atomic E-state index is 12.7. The molecule has 1 amide bonds. The number of hydrogen-bond acceptors (Lipinski definition) is 3. The van der Waals surface area contributed by atoms with Gasteiger partial charge in [-0.1, -0.05) is 6.42 Å². The number of hydrogen-bond donors (Lipinski definition) is 1. The van der Waals surface area contributed by atoms with E-state index < -0.39 is 12.1 Å². The van der Waals surface area contributed by atoms with Crippen molar-refractivity contribution in [3.8, 4) is 0 Å². The number of nitrogens with one attached hydrogen (secondary N) is 1. The highest BCUT2D eigenvalue weighted by Crippen LogP contribution is 2.37. The molecule has 0 radical (unpaired) electrons. The second-order valence-corrected chi connectivity index (χ2v) is 5.80. The quantitative estimate of drug-likeness (QED) is 0.863. The van der Waals surface area contributed by atoms with Gasteiger partial charge in [0.1, 0.15) is 0 Å². The van der Waals surface area contributed by atoms with Crippen LogP contribution in [0, 0.1) is 5.92 Å². The summed E-state index contributed by atoms with van der Waals surface area (Å²) in [5.74, 6) is -1.15. The van der Waals surface area contributed by atoms with Crippen molar-refractivity contribution in [1.29, 1.82) is 0 Å². The minimum atomic E-state index is -4.09. The van der Waals surface area contributed by atoms with Gasteiger partial charge in [-0.25, -0.2) is 0 Å². The van der Waals surface area contributed by atoms with Crippen LogP contribution in [-0.2, 0) is 9.53 Å². The Balaban J connectivity index is 1.67. The van der Waals surface area contributed by atoms with E-state index >= 15 is 0 Å². The Morgan fingerprint density at radius 2 is 1.95 bits per heavy atom. The molecule has 0 spiro atoms. The zero-order chi connectivity index (χ0) is 15.3. The predicted octanol–water partition coefficient (Wildman–Crippen LogP) is 1.95.